The van der Waals surface area contributed by atoms with Crippen LogP contribution in [0.4, 0.5) is 0 Å². The Kier molecular flexibility index (Phi) is 6.25. The smallest absolute Gasteiger partial charge is 0.0545 e. The van der Waals surface area contributed by atoms with Gasteiger partial charge in [-0.1, -0.05) is 31.0 Å². The Morgan fingerprint density at radius 1 is 1.44 bits per heavy atom. The van der Waals surface area contributed by atoms with Crippen molar-refractivity contribution in [2.75, 3.05) is 12.8 Å². The van der Waals surface area contributed by atoms with Crippen LogP contribution in [0.1, 0.15) is 38.3 Å². The number of hydrogen-bond donors (Lipinski definition) is 1. The molecule has 0 spiro atoms. The lowest BCUT2D eigenvalue weighted by Crippen LogP contribution is -2.12. The standard InChI is InChI=1S/C13H20ClNS/c1-4-5-8-16-13-7-6-11(9-12(13)14)10(2)15-3/h6-7,9-10,15H,4-5,8H2,1-3H3. The molecule has 90 valence electrons. The van der Waals surface area contributed by atoms with Crippen molar-refractivity contribution in [3.63, 3.8) is 0 Å². The third kappa shape index (κ3) is 4.00. The van der Waals surface area contributed by atoms with Gasteiger partial charge in [-0.15, -0.1) is 11.8 Å². The molecule has 1 N–H and O–H groups in total. The fourth-order valence-electron chi connectivity index (χ4n) is 1.40. The predicted octanol–water partition coefficient (Wildman–Crippen LogP) is 4.51. The van der Waals surface area contributed by atoms with Crippen molar-refractivity contribution in [2.45, 2.75) is 37.6 Å². The molecule has 1 nitrogen and oxygen atoms in total. The maximum absolute atomic E-state index is 6.26. The van der Waals surface area contributed by atoms with Gasteiger partial charge in [0, 0.05) is 10.9 Å². The first-order valence-corrected chi connectivity index (χ1v) is 7.15. The van der Waals surface area contributed by atoms with Crippen LogP contribution in [-0.4, -0.2) is 12.8 Å². The van der Waals surface area contributed by atoms with E-state index in [0.29, 0.717) is 6.04 Å². The normalized spacial score (nSPS) is 12.8. The molecule has 0 aliphatic carbocycles. The number of nitrogens with one attached hydrogen (secondary N) is 1. The van der Waals surface area contributed by atoms with Gasteiger partial charge in [0.05, 0.1) is 5.02 Å². The van der Waals surface area contributed by atoms with Crippen LogP contribution in [0, 0.1) is 0 Å². The average molecular weight is 258 g/mol. The molecule has 1 aromatic carbocycles. The summed E-state index contributed by atoms with van der Waals surface area (Å²) in [4.78, 5) is 1.20. The van der Waals surface area contributed by atoms with Crippen molar-refractivity contribution in [2.24, 2.45) is 0 Å². The number of hydrogen-bond acceptors (Lipinski definition) is 2. The van der Waals surface area contributed by atoms with E-state index in [-0.39, 0.29) is 0 Å². The number of rotatable bonds is 6. The minimum atomic E-state index is 0.354. The van der Waals surface area contributed by atoms with Crippen LogP contribution >= 0.6 is 23.4 Å². The zero-order valence-corrected chi connectivity index (χ0v) is 11.8. The topological polar surface area (TPSA) is 12.0 Å². The number of thioether (sulfide) groups is 1. The monoisotopic (exact) mass is 257 g/mol. The zero-order valence-electron chi connectivity index (χ0n) is 10.2. The lowest BCUT2D eigenvalue weighted by Gasteiger charge is -2.12. The van der Waals surface area contributed by atoms with E-state index in [1.54, 1.807) is 0 Å². The summed E-state index contributed by atoms with van der Waals surface area (Å²) in [6.07, 6.45) is 2.48. The molecule has 0 aliphatic heterocycles. The summed E-state index contributed by atoms with van der Waals surface area (Å²) in [6.45, 7) is 4.34. The van der Waals surface area contributed by atoms with Gasteiger partial charge < -0.3 is 5.32 Å². The van der Waals surface area contributed by atoms with Crippen molar-refractivity contribution in [1.29, 1.82) is 0 Å². The molecule has 0 fully saturated rings. The molecule has 0 amide bonds. The lowest BCUT2D eigenvalue weighted by atomic mass is 10.1. The van der Waals surface area contributed by atoms with Gasteiger partial charge in [-0.2, -0.15) is 0 Å². The maximum atomic E-state index is 6.26. The zero-order chi connectivity index (χ0) is 12.0. The molecule has 1 aromatic rings. The molecule has 0 radical (unpaired) electrons. The molecule has 16 heavy (non-hydrogen) atoms. The molecular formula is C13H20ClNS. The Morgan fingerprint density at radius 3 is 2.75 bits per heavy atom. The van der Waals surface area contributed by atoms with Crippen LogP contribution in [0.5, 0.6) is 0 Å². The minimum absolute atomic E-state index is 0.354. The summed E-state index contributed by atoms with van der Waals surface area (Å²) in [6, 6.07) is 6.71. The molecule has 0 heterocycles. The third-order valence-electron chi connectivity index (χ3n) is 2.64. The first kappa shape index (κ1) is 13.9. The van der Waals surface area contributed by atoms with E-state index in [1.807, 2.05) is 18.8 Å². The van der Waals surface area contributed by atoms with Gasteiger partial charge in [0.2, 0.25) is 0 Å². The van der Waals surface area contributed by atoms with Crippen LogP contribution in [0.25, 0.3) is 0 Å². The molecular weight excluding hydrogens is 238 g/mol. The Balaban J connectivity index is 2.67. The van der Waals surface area contributed by atoms with E-state index in [1.165, 1.54) is 23.3 Å². The van der Waals surface area contributed by atoms with Crippen LogP contribution in [0.15, 0.2) is 23.1 Å². The minimum Gasteiger partial charge on any atom is -0.313 e. The van der Waals surface area contributed by atoms with Gasteiger partial charge in [-0.3, -0.25) is 0 Å². The van der Waals surface area contributed by atoms with Crippen LogP contribution in [0.3, 0.4) is 0 Å². The number of unbranched alkanes of at least 4 members (excludes halogenated alkanes) is 1. The highest BCUT2D eigenvalue weighted by atomic mass is 35.5. The number of benzene rings is 1. The van der Waals surface area contributed by atoms with Gasteiger partial charge >= 0.3 is 0 Å². The fourth-order valence-corrected chi connectivity index (χ4v) is 2.76. The van der Waals surface area contributed by atoms with E-state index >= 15 is 0 Å². The van der Waals surface area contributed by atoms with Crippen molar-refractivity contribution in [1.82, 2.24) is 5.32 Å². The molecule has 0 saturated carbocycles. The van der Waals surface area contributed by atoms with Crippen molar-refractivity contribution in [3.8, 4) is 0 Å². The highest BCUT2D eigenvalue weighted by Gasteiger charge is 2.06. The van der Waals surface area contributed by atoms with Gasteiger partial charge in [-0.05, 0) is 43.8 Å². The first-order chi connectivity index (χ1) is 7.69. The Morgan fingerprint density at radius 2 is 2.19 bits per heavy atom. The van der Waals surface area contributed by atoms with E-state index in [0.717, 1.165) is 10.8 Å². The molecule has 3 heteroatoms. The second-order valence-electron chi connectivity index (χ2n) is 3.90. The van der Waals surface area contributed by atoms with Gasteiger partial charge in [-0.25, -0.2) is 0 Å². The summed E-state index contributed by atoms with van der Waals surface area (Å²) >= 11 is 8.11. The largest absolute Gasteiger partial charge is 0.313 e. The highest BCUT2D eigenvalue weighted by molar-refractivity contribution is 7.99. The van der Waals surface area contributed by atoms with Crippen molar-refractivity contribution < 1.29 is 0 Å². The van der Waals surface area contributed by atoms with Crippen LogP contribution in [-0.2, 0) is 0 Å². The summed E-state index contributed by atoms with van der Waals surface area (Å²) in [5.74, 6) is 1.15. The Labute approximate surface area is 108 Å². The van der Waals surface area contributed by atoms with Crippen LogP contribution < -0.4 is 5.32 Å². The molecule has 0 bridgehead atoms. The van der Waals surface area contributed by atoms with Crippen molar-refractivity contribution in [3.05, 3.63) is 28.8 Å². The van der Waals surface area contributed by atoms with Crippen molar-refractivity contribution >= 4 is 23.4 Å². The number of halogens is 1. The van der Waals surface area contributed by atoms with Gasteiger partial charge in [0.25, 0.3) is 0 Å². The molecule has 1 rings (SSSR count). The molecule has 0 aliphatic rings. The third-order valence-corrected chi connectivity index (χ3v) is 4.23. The summed E-state index contributed by atoms with van der Waals surface area (Å²) in [5.41, 5.74) is 1.24. The molecule has 0 aromatic heterocycles. The predicted molar refractivity (Wildman–Crippen MR) is 74.6 cm³/mol. The molecule has 1 atom stereocenters. The first-order valence-electron chi connectivity index (χ1n) is 5.78. The van der Waals surface area contributed by atoms with E-state index < -0.39 is 0 Å². The molecule has 0 saturated heterocycles. The fraction of sp³-hybridized carbons (Fsp3) is 0.538. The lowest BCUT2D eigenvalue weighted by molar-refractivity contribution is 0.652. The summed E-state index contributed by atoms with van der Waals surface area (Å²) in [5, 5.41) is 4.09. The quantitative estimate of drug-likeness (QED) is 0.594. The SMILES string of the molecule is CCCCSc1ccc(C(C)NC)cc1Cl. The maximum Gasteiger partial charge on any atom is 0.0545 e. The molecule has 1 unspecified atom stereocenters. The van der Waals surface area contributed by atoms with E-state index in [2.05, 4.69) is 37.4 Å². The average Bonchev–Trinajstić information content (AvgIpc) is 2.30. The van der Waals surface area contributed by atoms with E-state index in [9.17, 15) is 0 Å². The Bertz CT molecular complexity index is 328. The van der Waals surface area contributed by atoms with Crippen LogP contribution in [0.2, 0.25) is 5.02 Å². The summed E-state index contributed by atoms with van der Waals surface area (Å²) < 4.78 is 0. The van der Waals surface area contributed by atoms with E-state index in [4.69, 9.17) is 11.6 Å². The summed E-state index contributed by atoms with van der Waals surface area (Å²) in [7, 11) is 1.96. The highest BCUT2D eigenvalue weighted by Crippen LogP contribution is 2.30. The van der Waals surface area contributed by atoms with Gasteiger partial charge in [0.15, 0.2) is 0 Å². The van der Waals surface area contributed by atoms with Gasteiger partial charge in [0.1, 0.15) is 0 Å². The Hall–Kier alpha value is -0.180. The second-order valence-corrected chi connectivity index (χ2v) is 5.45. The second kappa shape index (κ2) is 7.21.